The van der Waals surface area contributed by atoms with Gasteiger partial charge in [-0.2, -0.15) is 0 Å². The fraction of sp³-hybridized carbons (Fsp3) is 0.0769. The molecule has 3 aromatic carbocycles. The van der Waals surface area contributed by atoms with Crippen molar-refractivity contribution in [2.24, 2.45) is 0 Å². The highest BCUT2D eigenvalue weighted by Gasteiger charge is 2.37. The molecule has 1 saturated heterocycles. The van der Waals surface area contributed by atoms with Gasteiger partial charge in [-0.15, -0.1) is 0 Å². The standard InChI is InChI=1S/C26H19BrN2O6/c1-34-25(32)17-7-10-20(11-8-17)29-24(31)21(23(30)28-26(29)33)14-18-13-19(27)9-12-22(18)35-15-16-5-3-2-4-6-16/h2-14H,15H2,1H3,(H,28,30,33). The summed E-state index contributed by atoms with van der Waals surface area (Å²) in [4.78, 5) is 50.8. The molecule has 4 amide bonds. The van der Waals surface area contributed by atoms with E-state index in [1.807, 2.05) is 30.3 Å². The summed E-state index contributed by atoms with van der Waals surface area (Å²) in [7, 11) is 1.25. The van der Waals surface area contributed by atoms with Gasteiger partial charge in [0.15, 0.2) is 0 Å². The molecule has 0 spiro atoms. The van der Waals surface area contributed by atoms with Gasteiger partial charge >= 0.3 is 12.0 Å². The number of halogens is 1. The Bertz CT molecular complexity index is 1340. The van der Waals surface area contributed by atoms with E-state index in [-0.39, 0.29) is 23.4 Å². The average molecular weight is 535 g/mol. The van der Waals surface area contributed by atoms with Crippen LogP contribution in [0.15, 0.2) is 82.8 Å². The number of nitrogens with zero attached hydrogens (tertiary/aromatic N) is 1. The van der Waals surface area contributed by atoms with Crippen molar-refractivity contribution in [2.45, 2.75) is 6.61 Å². The molecule has 0 bridgehead atoms. The zero-order valence-corrected chi connectivity index (χ0v) is 20.1. The number of ether oxygens (including phenoxy) is 2. The van der Waals surface area contributed by atoms with Crippen LogP contribution >= 0.6 is 15.9 Å². The van der Waals surface area contributed by atoms with Crippen LogP contribution in [0.3, 0.4) is 0 Å². The number of benzene rings is 3. The van der Waals surface area contributed by atoms with Gasteiger partial charge in [-0.05, 0) is 54.1 Å². The molecule has 1 fully saturated rings. The third kappa shape index (κ3) is 5.30. The molecule has 35 heavy (non-hydrogen) atoms. The predicted octanol–water partition coefficient (Wildman–Crippen LogP) is 4.48. The topological polar surface area (TPSA) is 102 Å². The molecule has 0 atom stereocenters. The maximum atomic E-state index is 13.2. The van der Waals surface area contributed by atoms with E-state index in [1.54, 1.807) is 18.2 Å². The second-order valence-electron chi connectivity index (χ2n) is 7.45. The van der Waals surface area contributed by atoms with Crippen LogP contribution in [0.4, 0.5) is 10.5 Å². The van der Waals surface area contributed by atoms with E-state index >= 15 is 0 Å². The first-order valence-electron chi connectivity index (χ1n) is 10.4. The number of methoxy groups -OCH3 is 1. The summed E-state index contributed by atoms with van der Waals surface area (Å²) in [5.74, 6) is -1.73. The molecule has 1 aliphatic rings. The van der Waals surface area contributed by atoms with Gasteiger partial charge in [-0.1, -0.05) is 46.3 Å². The number of hydrogen-bond donors (Lipinski definition) is 1. The number of carbonyl (C=O) groups excluding carboxylic acids is 4. The van der Waals surface area contributed by atoms with Gasteiger partial charge in [-0.3, -0.25) is 14.9 Å². The molecule has 1 heterocycles. The molecule has 8 nitrogen and oxygen atoms in total. The number of amides is 4. The van der Waals surface area contributed by atoms with E-state index < -0.39 is 23.8 Å². The van der Waals surface area contributed by atoms with Crippen molar-refractivity contribution in [3.63, 3.8) is 0 Å². The fourth-order valence-electron chi connectivity index (χ4n) is 3.41. The van der Waals surface area contributed by atoms with Crippen LogP contribution in [0.2, 0.25) is 0 Å². The van der Waals surface area contributed by atoms with Crippen molar-refractivity contribution in [1.29, 1.82) is 0 Å². The first-order valence-corrected chi connectivity index (χ1v) is 11.2. The average Bonchev–Trinajstić information content (AvgIpc) is 2.86. The molecular formula is C26H19BrN2O6. The number of anilines is 1. The lowest BCUT2D eigenvalue weighted by Crippen LogP contribution is -2.54. The Kier molecular flexibility index (Phi) is 7.07. The summed E-state index contributed by atoms with van der Waals surface area (Å²) in [6, 6.07) is 19.6. The van der Waals surface area contributed by atoms with Gasteiger partial charge in [0.1, 0.15) is 17.9 Å². The van der Waals surface area contributed by atoms with E-state index in [0.717, 1.165) is 10.5 Å². The first kappa shape index (κ1) is 23.9. The van der Waals surface area contributed by atoms with Crippen LogP contribution in [0, 0.1) is 0 Å². The van der Waals surface area contributed by atoms with Crippen molar-refractivity contribution in [2.75, 3.05) is 12.0 Å². The molecule has 3 aromatic rings. The summed E-state index contributed by atoms with van der Waals surface area (Å²) < 4.78 is 11.3. The highest BCUT2D eigenvalue weighted by atomic mass is 79.9. The summed E-state index contributed by atoms with van der Waals surface area (Å²) in [5, 5.41) is 2.18. The molecule has 4 rings (SSSR count). The largest absolute Gasteiger partial charge is 0.488 e. The SMILES string of the molecule is COC(=O)c1ccc(N2C(=O)NC(=O)C(=Cc3cc(Br)ccc3OCc3ccccc3)C2=O)cc1. The molecule has 0 radical (unpaired) electrons. The molecular weight excluding hydrogens is 516 g/mol. The fourth-order valence-corrected chi connectivity index (χ4v) is 3.79. The number of imide groups is 2. The summed E-state index contributed by atoms with van der Waals surface area (Å²) >= 11 is 3.40. The van der Waals surface area contributed by atoms with Crippen LogP contribution in [0.5, 0.6) is 5.75 Å². The van der Waals surface area contributed by atoms with Gasteiger partial charge in [0.25, 0.3) is 11.8 Å². The molecule has 0 unspecified atom stereocenters. The number of rotatable bonds is 6. The van der Waals surface area contributed by atoms with Crippen molar-refractivity contribution in [3.05, 3.63) is 99.5 Å². The maximum absolute atomic E-state index is 13.2. The monoisotopic (exact) mass is 534 g/mol. The summed E-state index contributed by atoms with van der Waals surface area (Å²) in [6.07, 6.45) is 1.38. The summed E-state index contributed by atoms with van der Waals surface area (Å²) in [6.45, 7) is 0.288. The van der Waals surface area contributed by atoms with Gasteiger partial charge in [0.2, 0.25) is 0 Å². The van der Waals surface area contributed by atoms with Crippen molar-refractivity contribution in [3.8, 4) is 5.75 Å². The quantitative estimate of drug-likeness (QED) is 0.284. The Morgan fingerprint density at radius 3 is 2.40 bits per heavy atom. The van der Waals surface area contributed by atoms with Crippen molar-refractivity contribution < 1.29 is 28.7 Å². The minimum Gasteiger partial charge on any atom is -0.488 e. The molecule has 1 N–H and O–H groups in total. The normalized spacial score (nSPS) is 14.6. The van der Waals surface area contributed by atoms with Crippen LogP contribution in [0.1, 0.15) is 21.5 Å². The highest BCUT2D eigenvalue weighted by Crippen LogP contribution is 2.29. The zero-order chi connectivity index (χ0) is 24.9. The molecule has 0 saturated carbocycles. The van der Waals surface area contributed by atoms with Crippen LogP contribution in [0.25, 0.3) is 6.08 Å². The predicted molar refractivity (Wildman–Crippen MR) is 132 cm³/mol. The lowest BCUT2D eigenvalue weighted by molar-refractivity contribution is -0.122. The first-order chi connectivity index (χ1) is 16.9. The second-order valence-corrected chi connectivity index (χ2v) is 8.37. The Labute approximate surface area is 209 Å². The van der Waals surface area contributed by atoms with Gasteiger partial charge < -0.3 is 9.47 Å². The number of carbonyl (C=O) groups is 4. The van der Waals surface area contributed by atoms with Gasteiger partial charge in [0.05, 0.1) is 18.4 Å². The zero-order valence-electron chi connectivity index (χ0n) is 18.5. The third-order valence-electron chi connectivity index (χ3n) is 5.16. The number of urea groups is 1. The second kappa shape index (κ2) is 10.4. The Morgan fingerprint density at radius 2 is 1.71 bits per heavy atom. The van der Waals surface area contributed by atoms with Crippen molar-refractivity contribution in [1.82, 2.24) is 5.32 Å². The van der Waals surface area contributed by atoms with Crippen LogP contribution in [-0.4, -0.2) is 30.9 Å². The Balaban J connectivity index is 1.65. The number of barbiturate groups is 1. The minimum absolute atomic E-state index is 0.188. The van der Waals surface area contributed by atoms with Crippen LogP contribution < -0.4 is 15.0 Å². The molecule has 0 aromatic heterocycles. The molecule has 1 aliphatic heterocycles. The van der Waals surface area contributed by atoms with Gasteiger partial charge in [-0.25, -0.2) is 14.5 Å². The van der Waals surface area contributed by atoms with Gasteiger partial charge in [0, 0.05) is 10.0 Å². The molecule has 0 aliphatic carbocycles. The molecule has 9 heteroatoms. The number of nitrogens with one attached hydrogen (secondary N) is 1. The smallest absolute Gasteiger partial charge is 0.337 e. The van der Waals surface area contributed by atoms with E-state index in [1.165, 1.54) is 37.5 Å². The summed E-state index contributed by atoms with van der Waals surface area (Å²) in [5.41, 5.74) is 1.62. The Morgan fingerprint density at radius 1 is 1.00 bits per heavy atom. The lowest BCUT2D eigenvalue weighted by atomic mass is 10.1. The molecule has 176 valence electrons. The lowest BCUT2D eigenvalue weighted by Gasteiger charge is -2.26. The van der Waals surface area contributed by atoms with E-state index in [2.05, 4.69) is 26.0 Å². The highest BCUT2D eigenvalue weighted by molar-refractivity contribution is 9.10. The minimum atomic E-state index is -0.891. The van der Waals surface area contributed by atoms with E-state index in [4.69, 9.17) is 4.74 Å². The number of hydrogen-bond acceptors (Lipinski definition) is 6. The number of esters is 1. The Hall–Kier alpha value is -4.24. The van der Waals surface area contributed by atoms with Crippen molar-refractivity contribution >= 4 is 51.5 Å². The van der Waals surface area contributed by atoms with Crippen LogP contribution in [-0.2, 0) is 20.9 Å². The van der Waals surface area contributed by atoms with E-state index in [9.17, 15) is 19.2 Å². The maximum Gasteiger partial charge on any atom is 0.337 e. The third-order valence-corrected chi connectivity index (χ3v) is 5.65. The van der Waals surface area contributed by atoms with E-state index in [0.29, 0.717) is 15.8 Å².